The first-order valence-electron chi connectivity index (χ1n) is 11.5. The summed E-state index contributed by atoms with van der Waals surface area (Å²) >= 11 is 6.23. The van der Waals surface area contributed by atoms with E-state index >= 15 is 4.39 Å². The smallest absolute Gasteiger partial charge is 0.393 e. The number of carboxylic acid groups (broad SMARTS) is 1. The van der Waals surface area contributed by atoms with E-state index in [0.717, 1.165) is 0 Å². The fourth-order valence-corrected chi connectivity index (χ4v) is 4.98. The number of nitrogens with zero attached hydrogens (tertiary/aromatic N) is 3. The number of hydrogen-bond acceptors (Lipinski definition) is 6. The number of piperidine rings is 1. The molecule has 0 aliphatic carbocycles. The molecular weight excluding hydrogens is 506 g/mol. The van der Waals surface area contributed by atoms with E-state index in [1.165, 1.54) is 18.2 Å². The van der Waals surface area contributed by atoms with Crippen molar-refractivity contribution < 1.29 is 36.9 Å². The number of benzene rings is 1. The minimum atomic E-state index is -4.40. The largest absolute Gasteiger partial charge is 0.487 e. The zero-order valence-corrected chi connectivity index (χ0v) is 20.2. The van der Waals surface area contributed by atoms with Crippen LogP contribution in [0.2, 0.25) is 5.02 Å². The van der Waals surface area contributed by atoms with Crippen LogP contribution in [0.5, 0.6) is 11.6 Å². The Bertz CT molecular complexity index is 1070. The molecule has 4 rings (SSSR count). The average molecular weight is 532 g/mol. The standard InChI is InChI=1S/C24H26ClF4N3O4/c1-35-22-10-20(18(25)11-30-22)31-7-6-21(19(26)13-31)36-17-4-2-15(3-5-17)32-12-14(24(27,28)29)8-16(32)9-23(33)34/h2-5,10-11,14,16,19,21H,6-9,12-13H2,1H3,(H,33,34). The minimum absolute atomic E-state index is 0.0547. The number of ether oxygens (including phenoxy) is 2. The lowest BCUT2D eigenvalue weighted by Crippen LogP contribution is -2.47. The van der Waals surface area contributed by atoms with Crippen LogP contribution >= 0.6 is 11.6 Å². The Morgan fingerprint density at radius 3 is 2.58 bits per heavy atom. The highest BCUT2D eigenvalue weighted by molar-refractivity contribution is 6.33. The van der Waals surface area contributed by atoms with Gasteiger partial charge in [-0.1, -0.05) is 11.6 Å². The van der Waals surface area contributed by atoms with E-state index in [0.29, 0.717) is 41.0 Å². The summed E-state index contributed by atoms with van der Waals surface area (Å²) in [5, 5.41) is 9.51. The molecule has 2 aliphatic rings. The van der Waals surface area contributed by atoms with Crippen molar-refractivity contribution in [1.29, 1.82) is 0 Å². The van der Waals surface area contributed by atoms with Crippen molar-refractivity contribution in [3.8, 4) is 11.6 Å². The van der Waals surface area contributed by atoms with Crippen molar-refractivity contribution in [2.24, 2.45) is 5.92 Å². The molecule has 0 bridgehead atoms. The van der Waals surface area contributed by atoms with Gasteiger partial charge in [0.1, 0.15) is 11.9 Å². The summed E-state index contributed by atoms with van der Waals surface area (Å²) in [6.07, 6.45) is -5.26. The van der Waals surface area contributed by atoms with Crippen LogP contribution in [0.4, 0.5) is 28.9 Å². The van der Waals surface area contributed by atoms with E-state index in [1.807, 2.05) is 0 Å². The van der Waals surface area contributed by atoms with E-state index < -0.39 is 36.4 Å². The Hall–Kier alpha value is -2.95. The van der Waals surface area contributed by atoms with Gasteiger partial charge in [-0.05, 0) is 30.7 Å². The number of aliphatic carboxylic acids is 1. The zero-order chi connectivity index (χ0) is 26.0. The topological polar surface area (TPSA) is 75.1 Å². The van der Waals surface area contributed by atoms with Crippen LogP contribution in [0.25, 0.3) is 0 Å². The number of alkyl halides is 4. The average Bonchev–Trinajstić information content (AvgIpc) is 3.25. The summed E-state index contributed by atoms with van der Waals surface area (Å²) in [6.45, 7) is 0.230. The van der Waals surface area contributed by atoms with Crippen molar-refractivity contribution in [1.82, 2.24) is 4.98 Å². The Morgan fingerprint density at radius 1 is 1.25 bits per heavy atom. The lowest BCUT2D eigenvalue weighted by atomic mass is 10.0. The van der Waals surface area contributed by atoms with Gasteiger partial charge in [-0.15, -0.1) is 0 Å². The third-order valence-electron chi connectivity index (χ3n) is 6.59. The molecule has 0 radical (unpaired) electrons. The molecule has 1 aromatic heterocycles. The Morgan fingerprint density at radius 2 is 1.97 bits per heavy atom. The summed E-state index contributed by atoms with van der Waals surface area (Å²) in [4.78, 5) is 18.5. The van der Waals surface area contributed by atoms with Gasteiger partial charge in [-0.3, -0.25) is 4.79 Å². The van der Waals surface area contributed by atoms with Crippen molar-refractivity contribution in [3.05, 3.63) is 41.6 Å². The van der Waals surface area contributed by atoms with Gasteiger partial charge in [0.15, 0.2) is 6.17 Å². The van der Waals surface area contributed by atoms with Gasteiger partial charge in [0.2, 0.25) is 5.88 Å². The first-order valence-corrected chi connectivity index (χ1v) is 11.8. The van der Waals surface area contributed by atoms with Crippen LogP contribution in [-0.2, 0) is 4.79 Å². The second-order valence-corrected chi connectivity index (χ2v) is 9.36. The summed E-state index contributed by atoms with van der Waals surface area (Å²) < 4.78 is 65.8. The first kappa shape index (κ1) is 26.1. The molecule has 2 fully saturated rings. The van der Waals surface area contributed by atoms with Gasteiger partial charge in [0, 0.05) is 37.3 Å². The highest BCUT2D eigenvalue weighted by Gasteiger charge is 2.48. The molecule has 2 saturated heterocycles. The molecule has 2 aromatic rings. The second kappa shape index (κ2) is 10.6. The minimum Gasteiger partial charge on any atom is -0.487 e. The highest BCUT2D eigenvalue weighted by Crippen LogP contribution is 2.40. The number of hydrogen-bond donors (Lipinski definition) is 1. The van der Waals surface area contributed by atoms with Gasteiger partial charge in [-0.2, -0.15) is 13.2 Å². The number of halogens is 5. The lowest BCUT2D eigenvalue weighted by Gasteiger charge is -2.36. The molecule has 0 saturated carbocycles. The summed E-state index contributed by atoms with van der Waals surface area (Å²) in [5.41, 5.74) is 1.08. The SMILES string of the molecule is COc1cc(N2CCC(Oc3ccc(N4CC(C(F)(F)F)CC4CC(=O)O)cc3)C(F)C2)c(Cl)cn1. The van der Waals surface area contributed by atoms with Crippen molar-refractivity contribution in [3.63, 3.8) is 0 Å². The van der Waals surface area contributed by atoms with Crippen molar-refractivity contribution >= 4 is 28.9 Å². The van der Waals surface area contributed by atoms with E-state index in [9.17, 15) is 18.0 Å². The molecule has 3 heterocycles. The van der Waals surface area contributed by atoms with Crippen LogP contribution in [0.15, 0.2) is 36.5 Å². The molecule has 0 spiro atoms. The van der Waals surface area contributed by atoms with Crippen LogP contribution < -0.4 is 19.3 Å². The van der Waals surface area contributed by atoms with E-state index in [4.69, 9.17) is 26.2 Å². The van der Waals surface area contributed by atoms with E-state index in [1.54, 1.807) is 35.2 Å². The normalized spacial score (nSPS) is 24.6. The third-order valence-corrected chi connectivity index (χ3v) is 6.88. The van der Waals surface area contributed by atoms with Crippen LogP contribution in [0.3, 0.4) is 0 Å². The van der Waals surface area contributed by atoms with E-state index in [-0.39, 0.29) is 25.9 Å². The molecule has 12 heteroatoms. The Balaban J connectivity index is 1.40. The van der Waals surface area contributed by atoms with Gasteiger partial charge >= 0.3 is 12.1 Å². The maximum absolute atomic E-state index is 15.0. The number of carboxylic acids is 1. The Kier molecular flexibility index (Phi) is 7.67. The molecular formula is C24H26ClF4N3O4. The molecule has 36 heavy (non-hydrogen) atoms. The van der Waals surface area contributed by atoms with Gasteiger partial charge < -0.3 is 24.4 Å². The van der Waals surface area contributed by atoms with Crippen LogP contribution in [0.1, 0.15) is 19.3 Å². The number of anilines is 2. The maximum Gasteiger partial charge on any atom is 0.393 e. The predicted molar refractivity (Wildman–Crippen MR) is 126 cm³/mol. The maximum atomic E-state index is 15.0. The van der Waals surface area contributed by atoms with Gasteiger partial charge in [0.05, 0.1) is 42.9 Å². The molecule has 7 nitrogen and oxygen atoms in total. The molecule has 1 aromatic carbocycles. The summed E-state index contributed by atoms with van der Waals surface area (Å²) in [7, 11) is 1.48. The quantitative estimate of drug-likeness (QED) is 0.506. The van der Waals surface area contributed by atoms with Crippen LogP contribution in [0, 0.1) is 5.92 Å². The number of methoxy groups -OCH3 is 1. The molecule has 1 N–H and O–H groups in total. The fraction of sp³-hybridized carbons (Fsp3) is 0.500. The first-order chi connectivity index (χ1) is 17.0. The molecule has 4 atom stereocenters. The fourth-order valence-electron chi connectivity index (χ4n) is 4.75. The van der Waals surface area contributed by atoms with Crippen molar-refractivity contribution in [2.75, 3.05) is 36.5 Å². The molecule has 196 valence electrons. The number of carbonyl (C=O) groups is 1. The predicted octanol–water partition coefficient (Wildman–Crippen LogP) is 4.97. The number of rotatable bonds is 7. The molecule has 0 amide bonds. The highest BCUT2D eigenvalue weighted by atomic mass is 35.5. The molecule has 4 unspecified atom stereocenters. The van der Waals surface area contributed by atoms with Gasteiger partial charge in [0.25, 0.3) is 0 Å². The van der Waals surface area contributed by atoms with Crippen LogP contribution in [-0.4, -0.2) is 67.3 Å². The zero-order valence-electron chi connectivity index (χ0n) is 19.4. The monoisotopic (exact) mass is 531 g/mol. The Labute approximate surface area is 210 Å². The molecule has 2 aliphatic heterocycles. The van der Waals surface area contributed by atoms with Crippen molar-refractivity contribution in [2.45, 2.75) is 43.8 Å². The third kappa shape index (κ3) is 5.88. The summed E-state index contributed by atoms with van der Waals surface area (Å²) in [5.74, 6) is -2.00. The van der Waals surface area contributed by atoms with Gasteiger partial charge in [-0.25, -0.2) is 9.37 Å². The van der Waals surface area contributed by atoms with E-state index in [2.05, 4.69) is 4.98 Å². The summed E-state index contributed by atoms with van der Waals surface area (Å²) in [6, 6.07) is 7.17. The lowest BCUT2D eigenvalue weighted by molar-refractivity contribution is -0.169. The second-order valence-electron chi connectivity index (χ2n) is 8.96. The number of pyridine rings is 1. The number of aromatic nitrogens is 1.